The van der Waals surface area contributed by atoms with E-state index in [9.17, 15) is 14.7 Å². The third-order valence-corrected chi connectivity index (χ3v) is 6.93. The molecule has 2 saturated heterocycles. The smallest absolute Gasteiger partial charge is 0.295 e. The molecule has 37 heavy (non-hydrogen) atoms. The molecule has 0 radical (unpaired) electrons. The predicted molar refractivity (Wildman–Crippen MR) is 143 cm³/mol. The Morgan fingerprint density at radius 3 is 2.32 bits per heavy atom. The van der Waals surface area contributed by atoms with Crippen molar-refractivity contribution in [3.63, 3.8) is 0 Å². The Morgan fingerprint density at radius 2 is 1.70 bits per heavy atom. The molecule has 1 N–H and O–H groups in total. The third-order valence-electron chi connectivity index (χ3n) is 6.93. The summed E-state index contributed by atoms with van der Waals surface area (Å²) in [6.07, 6.45) is 1.63. The highest BCUT2D eigenvalue weighted by molar-refractivity contribution is 6.46. The quantitative estimate of drug-likeness (QED) is 0.292. The van der Waals surface area contributed by atoms with Gasteiger partial charge in [-0.25, -0.2) is 0 Å². The van der Waals surface area contributed by atoms with E-state index in [4.69, 9.17) is 9.47 Å². The fraction of sp³-hybridized carbons (Fsp3) is 0.467. The molecule has 0 bridgehead atoms. The number of Topliss-reactive ketones (excluding diaryl/α,β-unsaturated/α-hetero) is 1. The molecule has 1 atom stereocenters. The van der Waals surface area contributed by atoms with Gasteiger partial charge in [-0.15, -0.1) is 0 Å². The van der Waals surface area contributed by atoms with Gasteiger partial charge in [0.2, 0.25) is 0 Å². The maximum absolute atomic E-state index is 13.3. The molecule has 7 heteroatoms. The summed E-state index contributed by atoms with van der Waals surface area (Å²) in [4.78, 5) is 30.4. The molecule has 1 unspecified atom stereocenters. The molecule has 0 aliphatic carbocycles. The van der Waals surface area contributed by atoms with Crippen molar-refractivity contribution >= 4 is 17.4 Å². The summed E-state index contributed by atoms with van der Waals surface area (Å²) in [7, 11) is 0. The third kappa shape index (κ3) is 6.40. The molecule has 198 valence electrons. The van der Waals surface area contributed by atoms with Crippen molar-refractivity contribution in [1.82, 2.24) is 9.80 Å². The van der Waals surface area contributed by atoms with Crippen LogP contribution in [0.4, 0.5) is 0 Å². The number of morpholine rings is 1. The van der Waals surface area contributed by atoms with Gasteiger partial charge in [0.25, 0.3) is 11.7 Å². The second-order valence-corrected chi connectivity index (χ2v) is 10.1. The Labute approximate surface area is 219 Å². The first kappa shape index (κ1) is 26.9. The van der Waals surface area contributed by atoms with Crippen molar-refractivity contribution in [3.8, 4) is 5.75 Å². The van der Waals surface area contributed by atoms with E-state index >= 15 is 0 Å². The molecule has 2 fully saturated rings. The molecular weight excluding hydrogens is 468 g/mol. The number of aliphatic hydroxyl groups is 1. The molecule has 0 spiro atoms. The Kier molecular flexibility index (Phi) is 9.00. The average Bonchev–Trinajstić information content (AvgIpc) is 3.17. The molecule has 2 aromatic carbocycles. The highest BCUT2D eigenvalue weighted by atomic mass is 16.5. The van der Waals surface area contributed by atoms with Crippen molar-refractivity contribution < 1.29 is 24.2 Å². The normalized spacial score (nSPS) is 20.1. The van der Waals surface area contributed by atoms with Crippen LogP contribution in [0.2, 0.25) is 0 Å². The van der Waals surface area contributed by atoms with Crippen molar-refractivity contribution in [2.45, 2.75) is 39.7 Å². The average molecular weight is 507 g/mol. The summed E-state index contributed by atoms with van der Waals surface area (Å²) < 4.78 is 11.2. The minimum absolute atomic E-state index is 0.136. The van der Waals surface area contributed by atoms with Gasteiger partial charge in [0.15, 0.2) is 0 Å². The van der Waals surface area contributed by atoms with E-state index in [1.165, 1.54) is 5.56 Å². The molecule has 4 rings (SSSR count). The molecule has 0 aromatic heterocycles. The van der Waals surface area contributed by atoms with Crippen LogP contribution in [-0.4, -0.2) is 72.6 Å². The number of rotatable bonds is 10. The van der Waals surface area contributed by atoms with Crippen LogP contribution in [0.3, 0.4) is 0 Å². The lowest BCUT2D eigenvalue weighted by atomic mass is 9.94. The first-order chi connectivity index (χ1) is 17.9. The fourth-order valence-electron chi connectivity index (χ4n) is 4.81. The zero-order valence-corrected chi connectivity index (χ0v) is 22.1. The van der Waals surface area contributed by atoms with Gasteiger partial charge >= 0.3 is 0 Å². The Balaban J connectivity index is 1.62. The minimum atomic E-state index is -0.645. The Morgan fingerprint density at radius 1 is 1.03 bits per heavy atom. The predicted octanol–water partition coefficient (Wildman–Crippen LogP) is 4.43. The first-order valence-corrected chi connectivity index (χ1v) is 13.3. The lowest BCUT2D eigenvalue weighted by Gasteiger charge is -2.29. The van der Waals surface area contributed by atoms with Gasteiger partial charge in [-0.05, 0) is 54.2 Å². The first-order valence-electron chi connectivity index (χ1n) is 13.3. The molecule has 1 amide bonds. The number of amides is 1. The van der Waals surface area contributed by atoms with E-state index in [2.05, 4.69) is 25.7 Å². The van der Waals surface area contributed by atoms with Gasteiger partial charge < -0.3 is 19.5 Å². The number of carbonyl (C=O) groups is 2. The summed E-state index contributed by atoms with van der Waals surface area (Å²) in [5, 5.41) is 11.3. The Bertz CT molecular complexity index is 1100. The van der Waals surface area contributed by atoms with Crippen LogP contribution in [0.25, 0.3) is 5.76 Å². The van der Waals surface area contributed by atoms with Crippen molar-refractivity contribution in [2.75, 3.05) is 46.0 Å². The summed E-state index contributed by atoms with van der Waals surface area (Å²) in [6, 6.07) is 14.3. The zero-order valence-electron chi connectivity index (χ0n) is 22.1. The van der Waals surface area contributed by atoms with Gasteiger partial charge in [0.05, 0.1) is 31.4 Å². The molecule has 2 aliphatic heterocycles. The fourth-order valence-corrected chi connectivity index (χ4v) is 4.81. The van der Waals surface area contributed by atoms with Gasteiger partial charge in [0.1, 0.15) is 11.5 Å². The van der Waals surface area contributed by atoms with Crippen LogP contribution in [0.5, 0.6) is 5.75 Å². The number of hydrogen-bond donors (Lipinski definition) is 1. The van der Waals surface area contributed by atoms with Gasteiger partial charge in [-0.3, -0.25) is 14.5 Å². The number of ether oxygens (including phenoxy) is 2. The summed E-state index contributed by atoms with van der Waals surface area (Å²) in [6.45, 7) is 11.3. The maximum atomic E-state index is 13.3. The second kappa shape index (κ2) is 12.4. The lowest BCUT2D eigenvalue weighted by molar-refractivity contribution is -0.140. The maximum Gasteiger partial charge on any atom is 0.295 e. The number of hydrogen-bond acceptors (Lipinski definition) is 6. The molecule has 2 aromatic rings. The van der Waals surface area contributed by atoms with E-state index < -0.39 is 17.7 Å². The topological polar surface area (TPSA) is 79.3 Å². The standard InChI is InChI=1S/C30H38N2O5/c1-4-22-6-8-23(9-7-22)27-26(28(33)24-10-12-25(13-11-24)37-20-21(2)3)29(34)30(35)32(27)15-5-14-31-16-18-36-19-17-31/h6-13,21,27,33H,4-5,14-20H2,1-3H3/b28-26+. The monoisotopic (exact) mass is 506 g/mol. The van der Waals surface area contributed by atoms with E-state index in [1.54, 1.807) is 29.2 Å². The van der Waals surface area contributed by atoms with Gasteiger partial charge in [-0.1, -0.05) is 45.0 Å². The number of ketones is 1. The summed E-state index contributed by atoms with van der Waals surface area (Å²) in [5.74, 6) is -0.278. The van der Waals surface area contributed by atoms with Crippen molar-refractivity contribution in [1.29, 1.82) is 0 Å². The van der Waals surface area contributed by atoms with E-state index in [0.717, 1.165) is 51.3 Å². The van der Waals surface area contributed by atoms with Crippen molar-refractivity contribution in [3.05, 3.63) is 70.8 Å². The van der Waals surface area contributed by atoms with Crippen LogP contribution in [0, 0.1) is 5.92 Å². The SMILES string of the molecule is CCc1ccc(C2/C(=C(\O)c3ccc(OCC(C)C)cc3)C(=O)C(=O)N2CCCN2CCOCC2)cc1. The molecule has 2 heterocycles. The molecule has 7 nitrogen and oxygen atoms in total. The number of benzene rings is 2. The number of nitrogens with zero attached hydrogens (tertiary/aromatic N) is 2. The lowest BCUT2D eigenvalue weighted by Crippen LogP contribution is -2.38. The van der Waals surface area contributed by atoms with E-state index in [0.29, 0.717) is 30.4 Å². The summed E-state index contributed by atoms with van der Waals surface area (Å²) in [5.41, 5.74) is 2.61. The van der Waals surface area contributed by atoms with E-state index in [-0.39, 0.29) is 11.3 Å². The highest BCUT2D eigenvalue weighted by Crippen LogP contribution is 2.39. The van der Waals surface area contributed by atoms with Crippen LogP contribution in [0.1, 0.15) is 49.9 Å². The number of carbonyl (C=O) groups excluding carboxylic acids is 2. The number of likely N-dealkylation sites (tertiary alicyclic amines) is 1. The van der Waals surface area contributed by atoms with Crippen LogP contribution >= 0.6 is 0 Å². The van der Waals surface area contributed by atoms with Crippen molar-refractivity contribution in [2.24, 2.45) is 5.92 Å². The van der Waals surface area contributed by atoms with Gasteiger partial charge in [0, 0.05) is 31.7 Å². The van der Waals surface area contributed by atoms with Crippen LogP contribution < -0.4 is 4.74 Å². The minimum Gasteiger partial charge on any atom is -0.507 e. The molecule has 2 aliphatic rings. The largest absolute Gasteiger partial charge is 0.507 e. The van der Waals surface area contributed by atoms with Crippen LogP contribution in [0.15, 0.2) is 54.1 Å². The summed E-state index contributed by atoms with van der Waals surface area (Å²) >= 11 is 0. The highest BCUT2D eigenvalue weighted by Gasteiger charge is 2.45. The number of aryl methyl sites for hydroxylation is 1. The second-order valence-electron chi connectivity index (χ2n) is 10.1. The van der Waals surface area contributed by atoms with Gasteiger partial charge in [-0.2, -0.15) is 0 Å². The Hall–Kier alpha value is -3.16. The number of aliphatic hydroxyl groups excluding tert-OH is 1. The zero-order chi connectivity index (χ0) is 26.4. The van der Waals surface area contributed by atoms with Crippen LogP contribution in [-0.2, 0) is 20.7 Å². The van der Waals surface area contributed by atoms with E-state index in [1.807, 2.05) is 24.3 Å². The molecule has 0 saturated carbocycles. The molecular formula is C30H38N2O5.